The van der Waals surface area contributed by atoms with Gasteiger partial charge in [-0.25, -0.2) is 0 Å². The third-order valence-corrected chi connectivity index (χ3v) is 3.15. The van der Waals surface area contributed by atoms with Crippen LogP contribution in [0.2, 0.25) is 0 Å². The van der Waals surface area contributed by atoms with Gasteiger partial charge in [-0.1, -0.05) is 12.2 Å². The molecule has 42 valence electrons. The highest BCUT2D eigenvalue weighted by Gasteiger charge is 2.56. The highest BCUT2D eigenvalue weighted by atomic mass is 14.6. The van der Waals surface area contributed by atoms with E-state index in [0.29, 0.717) is 0 Å². The molecule has 2 fully saturated rings. The molecule has 4 atom stereocenters. The minimum Gasteiger partial charge on any atom is -0.0851 e. The smallest absolute Gasteiger partial charge is 0.0171 e. The fraction of sp³-hybridized carbons (Fsp3) is 0.750. The van der Waals surface area contributed by atoms with Crippen molar-refractivity contribution < 1.29 is 0 Å². The van der Waals surface area contributed by atoms with Gasteiger partial charge in [-0.05, 0) is 36.5 Å². The van der Waals surface area contributed by atoms with E-state index in [2.05, 4.69) is 12.2 Å². The largest absolute Gasteiger partial charge is 0.0851 e. The molecule has 4 aliphatic carbocycles. The van der Waals surface area contributed by atoms with Gasteiger partial charge in [0.15, 0.2) is 0 Å². The molecule has 0 aliphatic heterocycles. The molecule has 8 heavy (non-hydrogen) atoms. The van der Waals surface area contributed by atoms with Gasteiger partial charge in [-0.15, -0.1) is 0 Å². The summed E-state index contributed by atoms with van der Waals surface area (Å²) in [6, 6.07) is 0. The van der Waals surface area contributed by atoms with Crippen molar-refractivity contribution in [3.8, 4) is 0 Å². The standard InChI is InChI=1S/C8H10/c1-2-6-7-3-5(1)4-8(6)7/h1-2,5-8H,3-4H2/t5?,6?,7-,8+. The lowest BCUT2D eigenvalue weighted by atomic mass is 9.93. The zero-order valence-corrected chi connectivity index (χ0v) is 4.88. The van der Waals surface area contributed by atoms with Crippen LogP contribution in [0.15, 0.2) is 12.2 Å². The molecular formula is C8H10. The van der Waals surface area contributed by atoms with Crippen LogP contribution in [0.5, 0.6) is 0 Å². The van der Waals surface area contributed by atoms with Crippen molar-refractivity contribution in [3.05, 3.63) is 12.2 Å². The second-order valence-electron chi connectivity index (χ2n) is 3.52. The maximum absolute atomic E-state index is 2.45. The van der Waals surface area contributed by atoms with E-state index in [0.717, 1.165) is 23.7 Å². The highest BCUT2D eigenvalue weighted by Crippen LogP contribution is 2.63. The third-order valence-electron chi connectivity index (χ3n) is 3.15. The van der Waals surface area contributed by atoms with Crippen molar-refractivity contribution in [2.75, 3.05) is 0 Å². The van der Waals surface area contributed by atoms with Crippen LogP contribution >= 0.6 is 0 Å². The molecule has 0 aromatic heterocycles. The van der Waals surface area contributed by atoms with Crippen LogP contribution in [-0.2, 0) is 0 Å². The first-order valence-corrected chi connectivity index (χ1v) is 3.63. The van der Waals surface area contributed by atoms with Gasteiger partial charge in [0, 0.05) is 0 Å². The fourth-order valence-electron chi connectivity index (χ4n) is 2.66. The molecule has 0 nitrogen and oxygen atoms in total. The lowest BCUT2D eigenvalue weighted by molar-refractivity contribution is 0.519. The Morgan fingerprint density at radius 2 is 1.75 bits per heavy atom. The molecule has 0 radical (unpaired) electrons. The second-order valence-corrected chi connectivity index (χ2v) is 3.52. The Hall–Kier alpha value is -0.260. The van der Waals surface area contributed by atoms with Gasteiger partial charge < -0.3 is 0 Å². The van der Waals surface area contributed by atoms with Gasteiger partial charge in [0.05, 0.1) is 0 Å². The molecule has 4 bridgehead atoms. The van der Waals surface area contributed by atoms with E-state index < -0.39 is 0 Å². The summed E-state index contributed by atoms with van der Waals surface area (Å²) in [6.45, 7) is 0. The van der Waals surface area contributed by atoms with E-state index in [4.69, 9.17) is 0 Å². The molecule has 2 saturated carbocycles. The van der Waals surface area contributed by atoms with E-state index in [1.165, 1.54) is 12.8 Å². The van der Waals surface area contributed by atoms with Gasteiger partial charge >= 0.3 is 0 Å². The van der Waals surface area contributed by atoms with Gasteiger partial charge in [0.2, 0.25) is 0 Å². The van der Waals surface area contributed by atoms with E-state index in [1.807, 2.05) is 0 Å². The van der Waals surface area contributed by atoms with E-state index in [9.17, 15) is 0 Å². The van der Waals surface area contributed by atoms with Crippen LogP contribution in [-0.4, -0.2) is 0 Å². The second kappa shape index (κ2) is 0.896. The summed E-state index contributed by atoms with van der Waals surface area (Å²) in [5.41, 5.74) is 0. The molecule has 0 heteroatoms. The molecule has 4 rings (SSSR count). The molecule has 0 heterocycles. The number of hydrogen-bond acceptors (Lipinski definition) is 0. The Morgan fingerprint density at radius 3 is 2.00 bits per heavy atom. The average Bonchev–Trinajstić information content (AvgIpc) is 2.38. The van der Waals surface area contributed by atoms with E-state index >= 15 is 0 Å². The predicted octanol–water partition coefficient (Wildman–Crippen LogP) is 1.83. The molecule has 0 N–H and O–H groups in total. The summed E-state index contributed by atoms with van der Waals surface area (Å²) in [7, 11) is 0. The van der Waals surface area contributed by atoms with Crippen LogP contribution in [0.3, 0.4) is 0 Å². The molecule has 0 spiro atoms. The molecule has 4 aliphatic rings. The van der Waals surface area contributed by atoms with Crippen molar-refractivity contribution in [1.29, 1.82) is 0 Å². The molecule has 0 aromatic rings. The normalized spacial score (nSPS) is 64.0. The van der Waals surface area contributed by atoms with Crippen LogP contribution in [0.25, 0.3) is 0 Å². The van der Waals surface area contributed by atoms with Crippen molar-refractivity contribution in [1.82, 2.24) is 0 Å². The van der Waals surface area contributed by atoms with Gasteiger partial charge in [0.25, 0.3) is 0 Å². The average molecular weight is 106 g/mol. The minimum atomic E-state index is 1.01. The number of rotatable bonds is 0. The quantitative estimate of drug-likeness (QED) is 0.413. The summed E-state index contributed by atoms with van der Waals surface area (Å²) in [5.74, 6) is 4.38. The van der Waals surface area contributed by atoms with Crippen molar-refractivity contribution >= 4 is 0 Å². The minimum absolute atomic E-state index is 1.01. The van der Waals surface area contributed by atoms with Gasteiger partial charge in [-0.2, -0.15) is 0 Å². The van der Waals surface area contributed by atoms with E-state index in [1.54, 1.807) is 0 Å². The molecule has 2 unspecified atom stereocenters. The third kappa shape index (κ3) is 0.249. The lowest BCUT2D eigenvalue weighted by Crippen LogP contribution is -2.01. The Kier molecular flexibility index (Phi) is 0.415. The Balaban J connectivity index is 2.15. The fourth-order valence-corrected chi connectivity index (χ4v) is 2.66. The Bertz CT molecular complexity index is 141. The number of allylic oxidation sites excluding steroid dienone is 2. The first-order valence-electron chi connectivity index (χ1n) is 3.63. The number of hydrogen-bond donors (Lipinski definition) is 0. The van der Waals surface area contributed by atoms with Gasteiger partial charge in [-0.3, -0.25) is 0 Å². The van der Waals surface area contributed by atoms with Crippen LogP contribution in [0.4, 0.5) is 0 Å². The Morgan fingerprint density at radius 1 is 1.00 bits per heavy atom. The summed E-state index contributed by atoms with van der Waals surface area (Å²) in [4.78, 5) is 0. The molecule has 0 aromatic carbocycles. The van der Waals surface area contributed by atoms with E-state index in [-0.39, 0.29) is 0 Å². The highest BCUT2D eigenvalue weighted by molar-refractivity contribution is 5.21. The SMILES string of the molecule is C1=CC2[C@H]3CC1C[C@@H]23. The lowest BCUT2D eigenvalue weighted by Gasteiger charge is -2.12. The summed E-state index contributed by atoms with van der Waals surface area (Å²) < 4.78 is 0. The predicted molar refractivity (Wildman–Crippen MR) is 32.3 cm³/mol. The van der Waals surface area contributed by atoms with Crippen LogP contribution < -0.4 is 0 Å². The Labute approximate surface area is 49.6 Å². The maximum Gasteiger partial charge on any atom is -0.0171 e. The summed E-state index contributed by atoms with van der Waals surface area (Å²) in [6.07, 6.45) is 7.95. The first-order chi connectivity index (χ1) is 3.95. The van der Waals surface area contributed by atoms with Crippen molar-refractivity contribution in [2.24, 2.45) is 23.7 Å². The zero-order chi connectivity index (χ0) is 5.14. The van der Waals surface area contributed by atoms with Gasteiger partial charge in [0.1, 0.15) is 0 Å². The maximum atomic E-state index is 2.45. The molecular weight excluding hydrogens is 96.1 g/mol. The topological polar surface area (TPSA) is 0 Å². The first kappa shape index (κ1) is 3.71. The summed E-state index contributed by atoms with van der Waals surface area (Å²) in [5, 5.41) is 0. The van der Waals surface area contributed by atoms with Crippen LogP contribution in [0, 0.1) is 23.7 Å². The molecule has 0 saturated heterocycles. The van der Waals surface area contributed by atoms with Crippen molar-refractivity contribution in [3.63, 3.8) is 0 Å². The molecule has 0 amide bonds. The van der Waals surface area contributed by atoms with Crippen molar-refractivity contribution in [2.45, 2.75) is 12.8 Å². The monoisotopic (exact) mass is 106 g/mol. The summed E-state index contributed by atoms with van der Waals surface area (Å²) >= 11 is 0. The van der Waals surface area contributed by atoms with Crippen LogP contribution in [0.1, 0.15) is 12.8 Å². The zero-order valence-electron chi connectivity index (χ0n) is 4.88.